The normalized spacial score (nSPS) is 15.6. The third-order valence-corrected chi connectivity index (χ3v) is 5.40. The van der Waals surface area contributed by atoms with Gasteiger partial charge in [0.1, 0.15) is 17.2 Å². The molecule has 1 amide bonds. The molecule has 29 heavy (non-hydrogen) atoms. The fraction of sp³-hybridized carbons (Fsp3) is 0.429. The van der Waals surface area contributed by atoms with E-state index >= 15 is 0 Å². The zero-order chi connectivity index (χ0) is 20.5. The summed E-state index contributed by atoms with van der Waals surface area (Å²) < 4.78 is 2.08. The predicted octanol–water partition coefficient (Wildman–Crippen LogP) is 3.44. The van der Waals surface area contributed by atoms with Gasteiger partial charge in [0.05, 0.1) is 6.10 Å². The van der Waals surface area contributed by atoms with Gasteiger partial charge in [0.15, 0.2) is 0 Å². The van der Waals surface area contributed by atoms with E-state index in [0.29, 0.717) is 17.5 Å². The number of aliphatic hydroxyl groups excluding tert-OH is 1. The van der Waals surface area contributed by atoms with Crippen LogP contribution in [0.4, 0.5) is 11.8 Å². The molecule has 0 radical (unpaired) electrons. The topological polar surface area (TPSA) is 96.2 Å². The fourth-order valence-electron chi connectivity index (χ4n) is 3.83. The van der Waals surface area contributed by atoms with Crippen LogP contribution in [0, 0.1) is 0 Å². The molecule has 152 valence electrons. The molecular weight excluding hydrogens is 368 g/mol. The van der Waals surface area contributed by atoms with Crippen LogP contribution >= 0.6 is 0 Å². The maximum Gasteiger partial charge on any atom is 0.270 e. The maximum absolute atomic E-state index is 12.8. The molecule has 3 aromatic rings. The smallest absolute Gasteiger partial charge is 0.270 e. The van der Waals surface area contributed by atoms with Gasteiger partial charge in [0.25, 0.3) is 5.91 Å². The van der Waals surface area contributed by atoms with Gasteiger partial charge in [0, 0.05) is 37.9 Å². The van der Waals surface area contributed by atoms with Crippen LogP contribution in [-0.4, -0.2) is 49.5 Å². The molecule has 2 N–H and O–H groups in total. The third kappa shape index (κ3) is 3.80. The second-order valence-electron chi connectivity index (χ2n) is 7.79. The Morgan fingerprint density at radius 3 is 2.62 bits per heavy atom. The SMILES string of the molecule is C[C@H](O)c1ccc(Nc2ncc3cc(C(=O)N(C)C)n(C4CCCC4)c3n2)nc1. The molecule has 0 aliphatic heterocycles. The molecule has 0 aromatic carbocycles. The van der Waals surface area contributed by atoms with Gasteiger partial charge in [-0.1, -0.05) is 18.9 Å². The van der Waals surface area contributed by atoms with Crippen LogP contribution in [0.2, 0.25) is 0 Å². The molecule has 8 heteroatoms. The summed E-state index contributed by atoms with van der Waals surface area (Å²) in [5, 5.41) is 13.6. The molecular formula is C21H26N6O2. The van der Waals surface area contributed by atoms with Crippen LogP contribution in [0.5, 0.6) is 0 Å². The van der Waals surface area contributed by atoms with Crippen molar-refractivity contribution in [2.45, 2.75) is 44.8 Å². The van der Waals surface area contributed by atoms with Gasteiger partial charge in [-0.2, -0.15) is 4.98 Å². The number of amides is 1. The second-order valence-corrected chi connectivity index (χ2v) is 7.79. The van der Waals surface area contributed by atoms with Crippen molar-refractivity contribution in [2.75, 3.05) is 19.4 Å². The highest BCUT2D eigenvalue weighted by Gasteiger charge is 2.26. The average Bonchev–Trinajstić information content (AvgIpc) is 3.34. The summed E-state index contributed by atoms with van der Waals surface area (Å²) in [7, 11) is 3.53. The van der Waals surface area contributed by atoms with E-state index in [1.807, 2.05) is 12.1 Å². The van der Waals surface area contributed by atoms with Crippen LogP contribution in [0.1, 0.15) is 60.8 Å². The Hall–Kier alpha value is -3.00. The molecule has 1 atom stereocenters. The molecule has 4 rings (SSSR count). The number of aromatic nitrogens is 4. The summed E-state index contributed by atoms with van der Waals surface area (Å²) in [6.07, 6.45) is 7.23. The van der Waals surface area contributed by atoms with E-state index in [4.69, 9.17) is 4.98 Å². The molecule has 1 aliphatic carbocycles. The number of nitrogens with zero attached hydrogens (tertiary/aromatic N) is 5. The van der Waals surface area contributed by atoms with E-state index in [2.05, 4.69) is 19.9 Å². The summed E-state index contributed by atoms with van der Waals surface area (Å²) in [5.74, 6) is 0.994. The zero-order valence-corrected chi connectivity index (χ0v) is 17.0. The van der Waals surface area contributed by atoms with Crippen molar-refractivity contribution in [3.05, 3.63) is 41.9 Å². The van der Waals surface area contributed by atoms with Crippen LogP contribution in [0.3, 0.4) is 0 Å². The van der Waals surface area contributed by atoms with Crippen LogP contribution in [0.25, 0.3) is 11.0 Å². The Labute approximate surface area is 169 Å². The van der Waals surface area contributed by atoms with E-state index in [1.165, 1.54) is 0 Å². The quantitative estimate of drug-likeness (QED) is 0.688. The van der Waals surface area contributed by atoms with Crippen molar-refractivity contribution in [3.8, 4) is 0 Å². The van der Waals surface area contributed by atoms with Gasteiger partial charge >= 0.3 is 0 Å². The van der Waals surface area contributed by atoms with Gasteiger partial charge in [-0.15, -0.1) is 0 Å². The highest BCUT2D eigenvalue weighted by molar-refractivity contribution is 5.97. The fourth-order valence-corrected chi connectivity index (χ4v) is 3.83. The molecule has 1 fully saturated rings. The first-order chi connectivity index (χ1) is 13.9. The molecule has 1 saturated carbocycles. The minimum Gasteiger partial charge on any atom is -0.389 e. The number of carbonyl (C=O) groups excluding carboxylic acids is 1. The number of fused-ring (bicyclic) bond motifs is 1. The number of rotatable bonds is 5. The zero-order valence-electron chi connectivity index (χ0n) is 17.0. The second kappa shape index (κ2) is 7.79. The summed E-state index contributed by atoms with van der Waals surface area (Å²) in [5.41, 5.74) is 2.16. The first-order valence-electron chi connectivity index (χ1n) is 9.94. The minimum atomic E-state index is -0.563. The van der Waals surface area contributed by atoms with Gasteiger partial charge in [0.2, 0.25) is 5.95 Å². The molecule has 3 aromatic heterocycles. The number of hydrogen-bond donors (Lipinski definition) is 2. The minimum absolute atomic E-state index is 0.0280. The van der Waals surface area contributed by atoms with Crippen molar-refractivity contribution < 1.29 is 9.90 Å². The number of anilines is 2. The number of nitrogens with one attached hydrogen (secondary N) is 1. The number of hydrogen-bond acceptors (Lipinski definition) is 6. The Kier molecular flexibility index (Phi) is 5.19. The lowest BCUT2D eigenvalue weighted by Gasteiger charge is -2.19. The highest BCUT2D eigenvalue weighted by atomic mass is 16.3. The Balaban J connectivity index is 1.72. The van der Waals surface area contributed by atoms with E-state index in [0.717, 1.165) is 42.3 Å². The van der Waals surface area contributed by atoms with E-state index in [-0.39, 0.29) is 11.9 Å². The van der Waals surface area contributed by atoms with Crippen molar-refractivity contribution in [1.82, 2.24) is 24.4 Å². The third-order valence-electron chi connectivity index (χ3n) is 5.40. The highest BCUT2D eigenvalue weighted by Crippen LogP contribution is 2.34. The van der Waals surface area contributed by atoms with Crippen molar-refractivity contribution in [2.24, 2.45) is 0 Å². The monoisotopic (exact) mass is 394 g/mol. The van der Waals surface area contributed by atoms with Gasteiger partial charge < -0.3 is 19.9 Å². The predicted molar refractivity (Wildman–Crippen MR) is 111 cm³/mol. The maximum atomic E-state index is 12.8. The van der Waals surface area contributed by atoms with E-state index in [1.54, 1.807) is 44.4 Å². The molecule has 3 heterocycles. The van der Waals surface area contributed by atoms with Crippen molar-refractivity contribution >= 4 is 28.7 Å². The van der Waals surface area contributed by atoms with Crippen molar-refractivity contribution in [1.29, 1.82) is 0 Å². The van der Waals surface area contributed by atoms with Gasteiger partial charge in [-0.25, -0.2) is 9.97 Å². The molecule has 1 aliphatic rings. The van der Waals surface area contributed by atoms with Crippen LogP contribution in [-0.2, 0) is 0 Å². The Morgan fingerprint density at radius 1 is 1.24 bits per heavy atom. The molecule has 0 bridgehead atoms. The number of carbonyl (C=O) groups is 1. The molecule has 0 unspecified atom stereocenters. The van der Waals surface area contributed by atoms with Crippen LogP contribution < -0.4 is 5.32 Å². The molecule has 0 spiro atoms. The number of pyridine rings is 1. The summed E-state index contributed by atoms with van der Waals surface area (Å²) in [4.78, 5) is 27.8. The van der Waals surface area contributed by atoms with E-state index < -0.39 is 6.10 Å². The molecule has 0 saturated heterocycles. The molecule has 8 nitrogen and oxygen atoms in total. The lowest BCUT2D eigenvalue weighted by molar-refractivity contribution is 0.0815. The number of aliphatic hydroxyl groups is 1. The van der Waals surface area contributed by atoms with Crippen molar-refractivity contribution in [3.63, 3.8) is 0 Å². The van der Waals surface area contributed by atoms with Crippen LogP contribution in [0.15, 0.2) is 30.6 Å². The first-order valence-corrected chi connectivity index (χ1v) is 9.94. The largest absolute Gasteiger partial charge is 0.389 e. The van der Waals surface area contributed by atoms with E-state index in [9.17, 15) is 9.90 Å². The average molecular weight is 394 g/mol. The van der Waals surface area contributed by atoms with Gasteiger partial charge in [-0.3, -0.25) is 4.79 Å². The first kappa shape index (κ1) is 19.3. The summed E-state index contributed by atoms with van der Waals surface area (Å²) >= 11 is 0. The standard InChI is InChI=1S/C21H26N6O2/c1-13(28)14-8-9-18(22-11-14)24-21-23-12-15-10-17(20(29)26(2)3)27(19(15)25-21)16-6-4-5-7-16/h8-13,16,28H,4-7H2,1-3H3,(H,22,23,24,25)/t13-/m0/s1. The summed E-state index contributed by atoms with van der Waals surface area (Å²) in [6, 6.07) is 5.76. The Bertz CT molecular complexity index is 1020. The Morgan fingerprint density at radius 2 is 2.00 bits per heavy atom. The summed E-state index contributed by atoms with van der Waals surface area (Å²) in [6.45, 7) is 1.70. The lowest BCUT2D eigenvalue weighted by Crippen LogP contribution is -2.25. The lowest BCUT2D eigenvalue weighted by atomic mass is 10.2. The van der Waals surface area contributed by atoms with Gasteiger partial charge in [-0.05, 0) is 37.5 Å².